The van der Waals surface area contributed by atoms with Crippen molar-refractivity contribution >= 4 is 11.3 Å². The Morgan fingerprint density at radius 2 is 2.00 bits per heavy atom. The quantitative estimate of drug-likeness (QED) is 0.846. The molecule has 1 nitrogen and oxygen atoms in total. The van der Waals surface area contributed by atoms with Crippen molar-refractivity contribution < 1.29 is 0 Å². The summed E-state index contributed by atoms with van der Waals surface area (Å²) in [5, 5.41) is 5.74. The average Bonchev–Trinajstić information content (AvgIpc) is 2.85. The highest BCUT2D eigenvalue weighted by Gasteiger charge is 2.12. The van der Waals surface area contributed by atoms with Gasteiger partial charge in [0.15, 0.2) is 0 Å². The largest absolute Gasteiger partial charge is 0.310 e. The minimum atomic E-state index is 0.424. The third-order valence-electron chi connectivity index (χ3n) is 3.37. The molecule has 96 valence electrons. The smallest absolute Gasteiger partial charge is 0.0368 e. The predicted octanol–water partition coefficient (Wildman–Crippen LogP) is 4.26. The monoisotopic (exact) mass is 259 g/mol. The number of thiophene rings is 1. The van der Waals surface area contributed by atoms with E-state index in [1.165, 1.54) is 21.6 Å². The van der Waals surface area contributed by atoms with E-state index in [0.29, 0.717) is 6.04 Å². The third-order valence-corrected chi connectivity index (χ3v) is 4.27. The van der Waals surface area contributed by atoms with Gasteiger partial charge >= 0.3 is 0 Å². The second kappa shape index (κ2) is 6.17. The molecular formula is C16H21NS. The van der Waals surface area contributed by atoms with Gasteiger partial charge in [-0.1, -0.05) is 31.2 Å². The zero-order valence-corrected chi connectivity index (χ0v) is 12.2. The van der Waals surface area contributed by atoms with Gasteiger partial charge in [-0.2, -0.15) is 0 Å². The van der Waals surface area contributed by atoms with Gasteiger partial charge in [-0.3, -0.25) is 0 Å². The Balaban J connectivity index is 2.20. The van der Waals surface area contributed by atoms with Crippen LogP contribution in [0.3, 0.4) is 0 Å². The van der Waals surface area contributed by atoms with Crippen molar-refractivity contribution in [1.82, 2.24) is 5.32 Å². The van der Waals surface area contributed by atoms with Crippen LogP contribution in [0.15, 0.2) is 35.7 Å². The van der Waals surface area contributed by atoms with E-state index in [1.807, 2.05) is 11.3 Å². The van der Waals surface area contributed by atoms with Crippen molar-refractivity contribution in [2.24, 2.45) is 0 Å². The molecule has 0 aliphatic carbocycles. The van der Waals surface area contributed by atoms with Crippen LogP contribution in [0.1, 0.15) is 34.5 Å². The zero-order chi connectivity index (χ0) is 13.0. The van der Waals surface area contributed by atoms with E-state index >= 15 is 0 Å². The molecule has 1 heterocycles. The molecule has 0 saturated carbocycles. The Bertz CT molecular complexity index is 488. The molecule has 0 amide bonds. The summed E-state index contributed by atoms with van der Waals surface area (Å²) in [5.41, 5.74) is 4.14. The zero-order valence-electron chi connectivity index (χ0n) is 11.4. The first-order valence-electron chi connectivity index (χ1n) is 6.53. The topological polar surface area (TPSA) is 12.0 Å². The van der Waals surface area contributed by atoms with Gasteiger partial charge in [0.05, 0.1) is 0 Å². The van der Waals surface area contributed by atoms with Gasteiger partial charge in [-0.05, 0) is 48.5 Å². The van der Waals surface area contributed by atoms with E-state index in [2.05, 4.69) is 61.8 Å². The molecule has 0 aliphatic heterocycles. The van der Waals surface area contributed by atoms with Crippen molar-refractivity contribution in [3.8, 4) is 0 Å². The van der Waals surface area contributed by atoms with Crippen LogP contribution in [0.25, 0.3) is 0 Å². The summed E-state index contributed by atoms with van der Waals surface area (Å²) in [6.07, 6.45) is 1.08. The van der Waals surface area contributed by atoms with E-state index in [0.717, 1.165) is 13.0 Å². The number of benzene rings is 1. The highest BCUT2D eigenvalue weighted by Crippen LogP contribution is 2.23. The van der Waals surface area contributed by atoms with Crippen LogP contribution in [-0.4, -0.2) is 6.54 Å². The number of likely N-dealkylation sites (N-methyl/N-ethyl adjacent to an activating group) is 1. The molecule has 0 radical (unpaired) electrons. The van der Waals surface area contributed by atoms with Gasteiger partial charge in [-0.25, -0.2) is 0 Å². The Morgan fingerprint density at radius 1 is 1.17 bits per heavy atom. The van der Waals surface area contributed by atoms with Crippen molar-refractivity contribution in [2.75, 3.05) is 6.54 Å². The second-order valence-electron chi connectivity index (χ2n) is 4.74. The lowest BCUT2D eigenvalue weighted by Gasteiger charge is -2.18. The van der Waals surface area contributed by atoms with Crippen LogP contribution >= 0.6 is 11.3 Å². The average molecular weight is 259 g/mol. The summed E-state index contributed by atoms with van der Waals surface area (Å²) < 4.78 is 0. The molecule has 2 aromatic rings. The van der Waals surface area contributed by atoms with Gasteiger partial charge in [0.25, 0.3) is 0 Å². The molecule has 1 atom stereocenters. The fourth-order valence-corrected chi connectivity index (χ4v) is 2.92. The van der Waals surface area contributed by atoms with Crippen LogP contribution in [0.2, 0.25) is 0 Å². The minimum Gasteiger partial charge on any atom is -0.310 e. The van der Waals surface area contributed by atoms with Crippen LogP contribution < -0.4 is 5.32 Å². The standard InChI is InChI=1S/C16H21NS/c1-4-17-16(11-15-6-5-9-18-15)14-8-7-12(2)13(3)10-14/h5-10,16-17H,4,11H2,1-3H3. The Labute approximate surface area is 114 Å². The SMILES string of the molecule is CCNC(Cc1cccs1)c1ccc(C)c(C)c1. The summed E-state index contributed by atoms with van der Waals surface area (Å²) in [5.74, 6) is 0. The van der Waals surface area contributed by atoms with Gasteiger partial charge in [0, 0.05) is 17.3 Å². The first kappa shape index (κ1) is 13.3. The molecule has 0 fully saturated rings. The molecule has 1 unspecified atom stereocenters. The van der Waals surface area contributed by atoms with Crippen LogP contribution in [0.4, 0.5) is 0 Å². The Kier molecular flexibility index (Phi) is 4.56. The van der Waals surface area contributed by atoms with Crippen molar-refractivity contribution in [3.63, 3.8) is 0 Å². The van der Waals surface area contributed by atoms with E-state index in [-0.39, 0.29) is 0 Å². The molecule has 0 aliphatic rings. The molecule has 18 heavy (non-hydrogen) atoms. The molecule has 0 bridgehead atoms. The molecule has 1 aromatic carbocycles. The summed E-state index contributed by atoms with van der Waals surface area (Å²) in [6.45, 7) is 7.53. The maximum absolute atomic E-state index is 3.59. The maximum Gasteiger partial charge on any atom is 0.0368 e. The van der Waals surface area contributed by atoms with Crippen molar-refractivity contribution in [3.05, 3.63) is 57.3 Å². The second-order valence-corrected chi connectivity index (χ2v) is 5.77. The molecule has 2 heteroatoms. The van der Waals surface area contributed by atoms with Gasteiger partial charge < -0.3 is 5.32 Å². The van der Waals surface area contributed by atoms with Crippen LogP contribution in [0.5, 0.6) is 0 Å². The molecule has 2 rings (SSSR count). The number of aryl methyl sites for hydroxylation is 2. The highest BCUT2D eigenvalue weighted by molar-refractivity contribution is 7.09. The molecule has 1 aromatic heterocycles. The number of hydrogen-bond acceptors (Lipinski definition) is 2. The van der Waals surface area contributed by atoms with E-state index < -0.39 is 0 Å². The molecular weight excluding hydrogens is 238 g/mol. The summed E-state index contributed by atoms with van der Waals surface area (Å²) >= 11 is 1.84. The number of rotatable bonds is 5. The normalized spacial score (nSPS) is 12.6. The third kappa shape index (κ3) is 3.21. The minimum absolute atomic E-state index is 0.424. The Hall–Kier alpha value is -1.12. The fourth-order valence-electron chi connectivity index (χ4n) is 2.17. The van der Waals surface area contributed by atoms with E-state index in [1.54, 1.807) is 0 Å². The van der Waals surface area contributed by atoms with Crippen molar-refractivity contribution in [2.45, 2.75) is 33.2 Å². The summed E-state index contributed by atoms with van der Waals surface area (Å²) in [4.78, 5) is 1.44. The van der Waals surface area contributed by atoms with Crippen LogP contribution in [0, 0.1) is 13.8 Å². The molecule has 0 saturated heterocycles. The number of nitrogens with one attached hydrogen (secondary N) is 1. The van der Waals surface area contributed by atoms with Gasteiger partial charge in [0.2, 0.25) is 0 Å². The van der Waals surface area contributed by atoms with E-state index in [9.17, 15) is 0 Å². The van der Waals surface area contributed by atoms with Gasteiger partial charge in [-0.15, -0.1) is 11.3 Å². The summed E-state index contributed by atoms with van der Waals surface area (Å²) in [6, 6.07) is 11.6. The maximum atomic E-state index is 3.59. The number of hydrogen-bond donors (Lipinski definition) is 1. The lowest BCUT2D eigenvalue weighted by atomic mass is 9.98. The van der Waals surface area contributed by atoms with Crippen LogP contribution in [-0.2, 0) is 6.42 Å². The first-order chi connectivity index (χ1) is 8.70. The highest BCUT2D eigenvalue weighted by atomic mass is 32.1. The molecule has 0 spiro atoms. The fraction of sp³-hybridized carbons (Fsp3) is 0.375. The predicted molar refractivity (Wildman–Crippen MR) is 80.4 cm³/mol. The lowest BCUT2D eigenvalue weighted by Crippen LogP contribution is -2.22. The van der Waals surface area contributed by atoms with Crippen molar-refractivity contribution in [1.29, 1.82) is 0 Å². The Morgan fingerprint density at radius 3 is 2.61 bits per heavy atom. The lowest BCUT2D eigenvalue weighted by molar-refractivity contribution is 0.553. The van der Waals surface area contributed by atoms with Gasteiger partial charge in [0.1, 0.15) is 0 Å². The van der Waals surface area contributed by atoms with E-state index in [4.69, 9.17) is 0 Å². The first-order valence-corrected chi connectivity index (χ1v) is 7.41. The molecule has 1 N–H and O–H groups in total. The summed E-state index contributed by atoms with van der Waals surface area (Å²) in [7, 11) is 0.